The fourth-order valence-corrected chi connectivity index (χ4v) is 10.5. The average molecular weight is 1070 g/mol. The zero-order valence-electron chi connectivity index (χ0n) is 49.0. The topological polar surface area (TPSA) is 175 Å². The Morgan fingerprint density at radius 2 is 0.840 bits per heavy atom. The third-order valence-corrected chi connectivity index (χ3v) is 15.7. The molecule has 11 nitrogen and oxygen atoms in total. The summed E-state index contributed by atoms with van der Waals surface area (Å²) in [5.74, 6) is -0.176. The van der Waals surface area contributed by atoms with E-state index in [1.165, 1.54) is 238 Å². The van der Waals surface area contributed by atoms with Crippen molar-refractivity contribution in [2.45, 2.75) is 365 Å². The molecule has 0 saturated carbocycles. The molecule has 1 aliphatic rings. The van der Waals surface area contributed by atoms with Gasteiger partial charge in [-0.05, 0) is 32.1 Å². The molecule has 0 radical (unpaired) electrons. The van der Waals surface area contributed by atoms with Gasteiger partial charge in [-0.3, -0.25) is 9.59 Å². The summed E-state index contributed by atoms with van der Waals surface area (Å²) in [7, 11) is 0. The molecule has 11 heteroatoms. The second kappa shape index (κ2) is 54.4. The van der Waals surface area contributed by atoms with Crippen LogP contribution in [0, 0.1) is 0 Å². The second-order valence-corrected chi connectivity index (χ2v) is 22.8. The largest absolute Gasteiger partial charge is 0.466 e. The summed E-state index contributed by atoms with van der Waals surface area (Å²) in [5, 5.41) is 54.2. The van der Waals surface area contributed by atoms with Crippen LogP contribution in [0.5, 0.6) is 0 Å². The number of unbranched alkanes of at least 4 members (excludes halogenated alkanes) is 43. The molecule has 75 heavy (non-hydrogen) atoms. The summed E-state index contributed by atoms with van der Waals surface area (Å²) in [6.45, 7) is 4.34. The quantitative estimate of drug-likeness (QED) is 0.0195. The Kier molecular flexibility index (Phi) is 51.8. The third-order valence-electron chi connectivity index (χ3n) is 15.7. The zero-order valence-corrected chi connectivity index (χ0v) is 49.0. The Hall–Kier alpha value is -1.60. The summed E-state index contributed by atoms with van der Waals surface area (Å²) in [6.07, 6.45) is 54.8. The van der Waals surface area contributed by atoms with Crippen LogP contribution in [0.3, 0.4) is 0 Å². The number of carbonyl (C=O) groups is 2. The van der Waals surface area contributed by atoms with Gasteiger partial charge in [0.05, 0.1) is 32.0 Å². The predicted molar refractivity (Wildman–Crippen MR) is 311 cm³/mol. The summed E-state index contributed by atoms with van der Waals surface area (Å²) in [4.78, 5) is 25.1. The molecule has 0 aromatic carbocycles. The number of ether oxygens (including phenoxy) is 3. The van der Waals surface area contributed by atoms with Crippen LogP contribution in [0.2, 0.25) is 0 Å². The van der Waals surface area contributed by atoms with Gasteiger partial charge in [-0.25, -0.2) is 0 Å². The van der Waals surface area contributed by atoms with E-state index in [1.54, 1.807) is 6.08 Å². The van der Waals surface area contributed by atoms with E-state index in [-0.39, 0.29) is 18.5 Å². The molecule has 7 unspecified atom stereocenters. The van der Waals surface area contributed by atoms with Gasteiger partial charge in [0.2, 0.25) is 5.91 Å². The van der Waals surface area contributed by atoms with Gasteiger partial charge in [0, 0.05) is 12.8 Å². The lowest BCUT2D eigenvalue weighted by Gasteiger charge is -2.40. The lowest BCUT2D eigenvalue weighted by atomic mass is 9.99. The molecule has 0 aromatic heterocycles. The standard InChI is InChI=1S/C64H123NO10/c1-3-5-7-9-11-13-14-15-25-29-32-36-40-44-48-52-60(69)73-53-49-45-41-37-33-30-27-24-22-20-18-16-17-19-21-23-26-28-31-35-39-43-47-51-59(68)65-56(57(67)50-46-42-38-34-12-10-8-6-4-2)55-74-64-63(72)62(71)61(70)58(54-66)75-64/h46,50,56-58,61-64,66-67,70-72H,3-45,47-49,51-55H2,1-2H3,(H,65,68)/b50-46+. The average Bonchev–Trinajstić information content (AvgIpc) is 3.41. The van der Waals surface area contributed by atoms with E-state index < -0.39 is 49.5 Å². The fourth-order valence-electron chi connectivity index (χ4n) is 10.5. The number of rotatable bonds is 57. The fraction of sp³-hybridized carbons (Fsp3) is 0.938. The molecule has 6 N–H and O–H groups in total. The van der Waals surface area contributed by atoms with Crippen LogP contribution in [-0.2, 0) is 23.8 Å². The molecule has 1 saturated heterocycles. The van der Waals surface area contributed by atoms with Crippen molar-refractivity contribution < 1.29 is 49.3 Å². The molecular formula is C64H123NO10. The van der Waals surface area contributed by atoms with Gasteiger partial charge in [0.15, 0.2) is 6.29 Å². The van der Waals surface area contributed by atoms with Crippen LogP contribution in [0.1, 0.15) is 322 Å². The Morgan fingerprint density at radius 1 is 0.480 bits per heavy atom. The van der Waals surface area contributed by atoms with Crippen LogP contribution >= 0.6 is 0 Å². The van der Waals surface area contributed by atoms with Crippen molar-refractivity contribution >= 4 is 11.9 Å². The monoisotopic (exact) mass is 1070 g/mol. The van der Waals surface area contributed by atoms with Crippen molar-refractivity contribution in [3.63, 3.8) is 0 Å². The molecule has 0 aliphatic carbocycles. The lowest BCUT2D eigenvalue weighted by molar-refractivity contribution is -0.302. The number of allylic oxidation sites excluding steroid dienone is 1. The maximum atomic E-state index is 13.0. The smallest absolute Gasteiger partial charge is 0.305 e. The first-order valence-corrected chi connectivity index (χ1v) is 32.5. The molecule has 0 bridgehead atoms. The molecule has 0 aromatic rings. The molecule has 444 valence electrons. The van der Waals surface area contributed by atoms with E-state index in [0.717, 1.165) is 57.8 Å². The van der Waals surface area contributed by atoms with E-state index in [4.69, 9.17) is 14.2 Å². The van der Waals surface area contributed by atoms with E-state index in [1.807, 2.05) is 6.08 Å². The van der Waals surface area contributed by atoms with Crippen molar-refractivity contribution in [1.29, 1.82) is 0 Å². The Bertz CT molecular complexity index is 1250. The minimum Gasteiger partial charge on any atom is -0.466 e. The van der Waals surface area contributed by atoms with Crippen molar-refractivity contribution in [2.24, 2.45) is 0 Å². The highest BCUT2D eigenvalue weighted by molar-refractivity contribution is 5.76. The lowest BCUT2D eigenvalue weighted by Crippen LogP contribution is -2.60. The summed E-state index contributed by atoms with van der Waals surface area (Å²) in [5.41, 5.74) is 0. The van der Waals surface area contributed by atoms with E-state index >= 15 is 0 Å². The van der Waals surface area contributed by atoms with Gasteiger partial charge in [-0.2, -0.15) is 0 Å². The van der Waals surface area contributed by atoms with Crippen LogP contribution < -0.4 is 5.32 Å². The van der Waals surface area contributed by atoms with Gasteiger partial charge in [-0.15, -0.1) is 0 Å². The highest BCUT2D eigenvalue weighted by atomic mass is 16.7. The highest BCUT2D eigenvalue weighted by Crippen LogP contribution is 2.23. The van der Waals surface area contributed by atoms with Crippen LogP contribution in [0.25, 0.3) is 0 Å². The predicted octanol–water partition coefficient (Wildman–Crippen LogP) is 15.5. The number of hydrogen-bond acceptors (Lipinski definition) is 10. The number of esters is 1. The number of amides is 1. The molecule has 7 atom stereocenters. The number of nitrogens with one attached hydrogen (secondary N) is 1. The first-order chi connectivity index (χ1) is 36.7. The van der Waals surface area contributed by atoms with Crippen molar-refractivity contribution in [1.82, 2.24) is 5.32 Å². The molecule has 1 aliphatic heterocycles. The van der Waals surface area contributed by atoms with E-state index in [2.05, 4.69) is 19.2 Å². The molecular weight excluding hydrogens is 943 g/mol. The number of carbonyl (C=O) groups excluding carboxylic acids is 2. The summed E-state index contributed by atoms with van der Waals surface area (Å²) >= 11 is 0. The zero-order chi connectivity index (χ0) is 54.5. The van der Waals surface area contributed by atoms with Crippen molar-refractivity contribution in [3.05, 3.63) is 12.2 Å². The Morgan fingerprint density at radius 3 is 1.24 bits per heavy atom. The number of aliphatic hydroxyl groups is 5. The molecule has 1 amide bonds. The number of hydrogen-bond donors (Lipinski definition) is 6. The Labute approximate surface area is 461 Å². The Balaban J connectivity index is 1.95. The normalized spacial score (nSPS) is 18.7. The highest BCUT2D eigenvalue weighted by Gasteiger charge is 2.44. The number of aliphatic hydroxyl groups excluding tert-OH is 5. The molecule has 1 rings (SSSR count). The third kappa shape index (κ3) is 43.9. The van der Waals surface area contributed by atoms with Crippen LogP contribution in [0.4, 0.5) is 0 Å². The van der Waals surface area contributed by atoms with Crippen molar-refractivity contribution in [2.75, 3.05) is 19.8 Å². The van der Waals surface area contributed by atoms with Gasteiger partial charge in [-0.1, -0.05) is 289 Å². The van der Waals surface area contributed by atoms with E-state index in [0.29, 0.717) is 19.4 Å². The van der Waals surface area contributed by atoms with Gasteiger partial charge < -0.3 is 45.1 Å². The van der Waals surface area contributed by atoms with Gasteiger partial charge in [0.1, 0.15) is 24.4 Å². The minimum atomic E-state index is -1.57. The van der Waals surface area contributed by atoms with Gasteiger partial charge >= 0.3 is 5.97 Å². The summed E-state index contributed by atoms with van der Waals surface area (Å²) < 4.78 is 16.7. The van der Waals surface area contributed by atoms with Crippen LogP contribution in [0.15, 0.2) is 12.2 Å². The first kappa shape index (κ1) is 71.4. The van der Waals surface area contributed by atoms with Crippen molar-refractivity contribution in [3.8, 4) is 0 Å². The van der Waals surface area contributed by atoms with E-state index in [9.17, 15) is 35.1 Å². The molecule has 1 fully saturated rings. The maximum Gasteiger partial charge on any atom is 0.305 e. The minimum absolute atomic E-state index is 0.00610. The van der Waals surface area contributed by atoms with Gasteiger partial charge in [0.25, 0.3) is 0 Å². The second-order valence-electron chi connectivity index (χ2n) is 22.8. The summed E-state index contributed by atoms with van der Waals surface area (Å²) in [6, 6.07) is -0.807. The molecule has 1 heterocycles. The molecule has 0 spiro atoms. The maximum absolute atomic E-state index is 13.0. The van der Waals surface area contributed by atoms with Crippen LogP contribution in [-0.4, -0.2) is 100 Å². The first-order valence-electron chi connectivity index (χ1n) is 32.5. The SMILES string of the molecule is CCCCCCCCC/C=C/C(O)C(COC1OC(CO)C(O)C(O)C1O)NC(=O)CCCCCCCCCCCCCCCCCCCCCCCCCOC(=O)CCCCCCCCCCCCCCCCC.